The van der Waals surface area contributed by atoms with Crippen LogP contribution in [-0.2, 0) is 5.75 Å². The maximum atomic E-state index is 13.1. The molecule has 0 spiro atoms. The molecule has 0 aliphatic carbocycles. The Labute approximate surface area is 186 Å². The van der Waals surface area contributed by atoms with Crippen molar-refractivity contribution in [2.75, 3.05) is 19.6 Å². The van der Waals surface area contributed by atoms with Gasteiger partial charge in [-0.3, -0.25) is 9.69 Å². The van der Waals surface area contributed by atoms with E-state index in [0.717, 1.165) is 18.7 Å². The van der Waals surface area contributed by atoms with Crippen LogP contribution in [0.1, 0.15) is 40.4 Å². The van der Waals surface area contributed by atoms with E-state index in [1.165, 1.54) is 42.3 Å². The van der Waals surface area contributed by atoms with E-state index >= 15 is 0 Å². The predicted octanol–water partition coefficient (Wildman–Crippen LogP) is 5.08. The van der Waals surface area contributed by atoms with Gasteiger partial charge in [0.1, 0.15) is 10.8 Å². The van der Waals surface area contributed by atoms with Crippen LogP contribution in [0.5, 0.6) is 0 Å². The average Bonchev–Trinajstić information content (AvgIpc) is 3.34. The lowest BCUT2D eigenvalue weighted by Gasteiger charge is -2.28. The second-order valence-corrected chi connectivity index (χ2v) is 8.61. The van der Waals surface area contributed by atoms with Crippen LogP contribution in [-0.4, -0.2) is 35.4 Å². The van der Waals surface area contributed by atoms with Crippen molar-refractivity contribution in [1.29, 1.82) is 0 Å². The van der Waals surface area contributed by atoms with Crippen molar-refractivity contribution in [3.05, 3.63) is 95.4 Å². The summed E-state index contributed by atoms with van der Waals surface area (Å²) in [6.07, 6.45) is 4.09. The molecule has 1 aliphatic rings. The van der Waals surface area contributed by atoms with Crippen LogP contribution < -0.4 is 5.32 Å². The van der Waals surface area contributed by atoms with E-state index in [4.69, 9.17) is 0 Å². The molecule has 0 saturated carbocycles. The van der Waals surface area contributed by atoms with E-state index in [-0.39, 0.29) is 17.8 Å². The number of rotatable bonds is 8. The zero-order valence-corrected chi connectivity index (χ0v) is 18.2. The molecule has 6 heteroatoms. The summed E-state index contributed by atoms with van der Waals surface area (Å²) >= 11 is 1.49. The number of halogens is 1. The highest BCUT2D eigenvalue weighted by Gasteiger charge is 2.24. The molecule has 2 heterocycles. The number of likely N-dealkylation sites (tertiary alicyclic amines) is 1. The Morgan fingerprint density at radius 2 is 1.77 bits per heavy atom. The van der Waals surface area contributed by atoms with Crippen molar-refractivity contribution in [3.63, 3.8) is 0 Å². The van der Waals surface area contributed by atoms with Gasteiger partial charge in [-0.1, -0.05) is 42.5 Å². The SMILES string of the molecule is O=C(NCC(c1ccccc1)N1CCCC1)c1cccnc1SCc1ccc(F)cc1. The lowest BCUT2D eigenvalue weighted by molar-refractivity contribution is 0.0934. The van der Waals surface area contributed by atoms with Gasteiger partial charge in [-0.2, -0.15) is 0 Å². The Hall–Kier alpha value is -2.70. The first-order valence-electron chi connectivity index (χ1n) is 10.6. The molecule has 0 bridgehead atoms. The van der Waals surface area contributed by atoms with Gasteiger partial charge in [0.15, 0.2) is 0 Å². The number of amides is 1. The van der Waals surface area contributed by atoms with Gasteiger partial charge in [-0.25, -0.2) is 9.37 Å². The molecule has 1 atom stereocenters. The number of carbonyl (C=O) groups is 1. The highest BCUT2D eigenvalue weighted by atomic mass is 32.2. The van der Waals surface area contributed by atoms with Gasteiger partial charge in [0.05, 0.1) is 11.6 Å². The monoisotopic (exact) mass is 435 g/mol. The van der Waals surface area contributed by atoms with Crippen molar-refractivity contribution < 1.29 is 9.18 Å². The molecule has 0 radical (unpaired) electrons. The fourth-order valence-electron chi connectivity index (χ4n) is 3.88. The minimum absolute atomic E-state index is 0.116. The summed E-state index contributed by atoms with van der Waals surface area (Å²) in [7, 11) is 0. The molecule has 1 aliphatic heterocycles. The number of nitrogens with zero attached hydrogens (tertiary/aromatic N) is 2. The molecule has 4 rings (SSSR count). The van der Waals surface area contributed by atoms with Crippen molar-refractivity contribution in [2.24, 2.45) is 0 Å². The van der Waals surface area contributed by atoms with Gasteiger partial charge in [0.2, 0.25) is 0 Å². The van der Waals surface area contributed by atoms with E-state index in [9.17, 15) is 9.18 Å². The van der Waals surface area contributed by atoms with Crippen LogP contribution in [0.15, 0.2) is 78.0 Å². The van der Waals surface area contributed by atoms with Crippen LogP contribution >= 0.6 is 11.8 Å². The number of hydrogen-bond acceptors (Lipinski definition) is 4. The Kier molecular flexibility index (Phi) is 7.33. The number of aromatic nitrogens is 1. The summed E-state index contributed by atoms with van der Waals surface area (Å²) in [5.41, 5.74) is 2.78. The number of thioether (sulfide) groups is 1. The van der Waals surface area contributed by atoms with Crippen LogP contribution in [0.25, 0.3) is 0 Å². The molecule has 1 unspecified atom stereocenters. The molecule has 3 aromatic rings. The molecule has 31 heavy (non-hydrogen) atoms. The number of benzene rings is 2. The topological polar surface area (TPSA) is 45.2 Å². The summed E-state index contributed by atoms with van der Waals surface area (Å²) in [6, 6.07) is 20.5. The van der Waals surface area contributed by atoms with Crippen LogP contribution in [0.2, 0.25) is 0 Å². The van der Waals surface area contributed by atoms with Gasteiger partial charge < -0.3 is 5.32 Å². The highest BCUT2D eigenvalue weighted by molar-refractivity contribution is 7.98. The number of pyridine rings is 1. The Morgan fingerprint density at radius 1 is 1.03 bits per heavy atom. The Bertz CT molecular complexity index is 991. The fraction of sp³-hybridized carbons (Fsp3) is 0.280. The molecule has 1 saturated heterocycles. The van der Waals surface area contributed by atoms with E-state index in [0.29, 0.717) is 22.9 Å². The quantitative estimate of drug-likeness (QED) is 0.501. The van der Waals surface area contributed by atoms with Crippen molar-refractivity contribution >= 4 is 17.7 Å². The largest absolute Gasteiger partial charge is 0.350 e. The molecule has 4 nitrogen and oxygen atoms in total. The third kappa shape index (κ3) is 5.71. The van der Waals surface area contributed by atoms with E-state index in [2.05, 4.69) is 27.3 Å². The summed E-state index contributed by atoms with van der Waals surface area (Å²) in [6.45, 7) is 2.67. The molecule has 1 aromatic heterocycles. The summed E-state index contributed by atoms with van der Waals surface area (Å²) in [5.74, 6) is 0.255. The second-order valence-electron chi connectivity index (χ2n) is 7.65. The molecular formula is C25H26FN3OS. The van der Waals surface area contributed by atoms with Crippen LogP contribution in [0.4, 0.5) is 4.39 Å². The standard InChI is InChI=1S/C25H26FN3OS/c26-21-12-10-19(11-13-21)18-31-25-22(9-6-14-27-25)24(30)28-17-23(29-15-4-5-16-29)20-7-2-1-3-8-20/h1-3,6-14,23H,4-5,15-18H2,(H,28,30). The third-order valence-corrected chi connectivity index (χ3v) is 6.60. The van der Waals surface area contributed by atoms with Gasteiger partial charge >= 0.3 is 0 Å². The first-order valence-corrected chi connectivity index (χ1v) is 11.6. The summed E-state index contributed by atoms with van der Waals surface area (Å²) in [5, 5.41) is 3.82. The summed E-state index contributed by atoms with van der Waals surface area (Å²) in [4.78, 5) is 19.9. The smallest absolute Gasteiger partial charge is 0.254 e. The first kappa shape index (κ1) is 21.5. The second kappa shape index (κ2) is 10.6. The lowest BCUT2D eigenvalue weighted by atomic mass is 10.1. The van der Waals surface area contributed by atoms with Gasteiger partial charge in [0.25, 0.3) is 5.91 Å². The number of hydrogen-bond donors (Lipinski definition) is 1. The van der Waals surface area contributed by atoms with Gasteiger partial charge in [-0.05, 0) is 61.3 Å². The zero-order valence-electron chi connectivity index (χ0n) is 17.3. The number of carbonyl (C=O) groups excluding carboxylic acids is 1. The van der Waals surface area contributed by atoms with Crippen molar-refractivity contribution in [3.8, 4) is 0 Å². The van der Waals surface area contributed by atoms with Crippen molar-refractivity contribution in [2.45, 2.75) is 29.7 Å². The zero-order chi connectivity index (χ0) is 21.5. The van der Waals surface area contributed by atoms with E-state index in [1.807, 2.05) is 24.3 Å². The normalized spacial score (nSPS) is 15.0. The molecular weight excluding hydrogens is 409 g/mol. The molecule has 160 valence electrons. The summed E-state index contributed by atoms with van der Waals surface area (Å²) < 4.78 is 13.1. The molecule has 1 N–H and O–H groups in total. The molecule has 1 fully saturated rings. The Morgan fingerprint density at radius 3 is 2.52 bits per heavy atom. The first-order chi connectivity index (χ1) is 15.2. The molecule has 1 amide bonds. The van der Waals surface area contributed by atoms with Gasteiger partial charge in [0, 0.05) is 18.5 Å². The highest BCUT2D eigenvalue weighted by Crippen LogP contribution is 2.26. The minimum Gasteiger partial charge on any atom is -0.350 e. The van der Waals surface area contributed by atoms with Crippen LogP contribution in [0, 0.1) is 5.82 Å². The maximum absolute atomic E-state index is 13.1. The average molecular weight is 436 g/mol. The lowest BCUT2D eigenvalue weighted by Crippen LogP contribution is -2.37. The van der Waals surface area contributed by atoms with E-state index < -0.39 is 0 Å². The van der Waals surface area contributed by atoms with Gasteiger partial charge in [-0.15, -0.1) is 11.8 Å². The van der Waals surface area contributed by atoms with Crippen molar-refractivity contribution in [1.82, 2.24) is 15.2 Å². The number of nitrogens with one attached hydrogen (secondary N) is 1. The predicted molar refractivity (Wildman–Crippen MR) is 123 cm³/mol. The Balaban J connectivity index is 1.43. The third-order valence-electron chi connectivity index (χ3n) is 5.53. The fourth-order valence-corrected chi connectivity index (χ4v) is 4.83. The maximum Gasteiger partial charge on any atom is 0.254 e. The van der Waals surface area contributed by atoms with Crippen LogP contribution in [0.3, 0.4) is 0 Å². The minimum atomic E-state index is -0.252. The van der Waals surface area contributed by atoms with E-state index in [1.54, 1.807) is 24.4 Å². The molecule has 2 aromatic carbocycles.